The van der Waals surface area contributed by atoms with Gasteiger partial charge in [0.2, 0.25) is 0 Å². The molecule has 5 atom stereocenters. The van der Waals surface area contributed by atoms with E-state index in [4.69, 9.17) is 20.2 Å². The summed E-state index contributed by atoms with van der Waals surface area (Å²) in [5, 5.41) is 3.46. The molecule has 7 heterocycles. The molecule has 2 aromatic heterocycles. The highest BCUT2D eigenvalue weighted by Gasteiger charge is 2.50. The average molecular weight is 678 g/mol. The number of nitrogens with two attached hydrogens (primary N) is 1. The Morgan fingerprint density at radius 3 is 2.75 bits per heavy atom. The molecule has 0 radical (unpaired) electrons. The van der Waals surface area contributed by atoms with E-state index in [2.05, 4.69) is 25.1 Å². The van der Waals surface area contributed by atoms with Crippen molar-refractivity contribution < 1.29 is 35.8 Å². The molecule has 3 N–H and O–H groups in total. The van der Waals surface area contributed by atoms with Crippen LogP contribution in [0.4, 0.5) is 38.0 Å². The largest absolute Gasteiger partial charge is 0.490 e. The Morgan fingerprint density at radius 1 is 1.10 bits per heavy atom. The van der Waals surface area contributed by atoms with Crippen molar-refractivity contribution in [3.05, 3.63) is 28.8 Å². The predicted octanol–water partition coefficient (Wildman–Crippen LogP) is 5.42. The number of nitrogens with one attached hydrogen (secondary N) is 1. The first-order valence-electron chi connectivity index (χ1n) is 16.6. The zero-order chi connectivity index (χ0) is 33.5. The van der Waals surface area contributed by atoms with Gasteiger partial charge in [0.25, 0.3) is 0 Å². The first-order chi connectivity index (χ1) is 22.9. The molecule has 5 aliphatic heterocycles. The first-order valence-corrected chi connectivity index (χ1v) is 16.6. The van der Waals surface area contributed by atoms with Crippen LogP contribution in [0, 0.1) is 30.4 Å². The molecule has 0 spiro atoms. The van der Waals surface area contributed by atoms with Crippen molar-refractivity contribution in [3.63, 3.8) is 0 Å². The average Bonchev–Trinajstić information content (AvgIpc) is 3.34. The van der Waals surface area contributed by atoms with E-state index in [1.807, 2.05) is 0 Å². The number of aromatic nitrogens is 3. The third-order valence-corrected chi connectivity index (χ3v) is 11.0. The van der Waals surface area contributed by atoms with Crippen molar-refractivity contribution >= 4 is 22.5 Å². The Balaban J connectivity index is 1.35. The lowest BCUT2D eigenvalue weighted by Crippen LogP contribution is -2.49. The van der Waals surface area contributed by atoms with E-state index in [0.717, 1.165) is 51.9 Å². The predicted molar refractivity (Wildman–Crippen MR) is 166 cm³/mol. The van der Waals surface area contributed by atoms with Crippen molar-refractivity contribution in [2.45, 2.75) is 69.4 Å². The molecule has 0 amide bonds. The van der Waals surface area contributed by atoms with E-state index in [-0.39, 0.29) is 66.1 Å². The van der Waals surface area contributed by atoms with Crippen LogP contribution in [0.1, 0.15) is 49.7 Å². The zero-order valence-corrected chi connectivity index (χ0v) is 26.5. The second-order valence-electron chi connectivity index (χ2n) is 14.1. The SMILES string of the molecule is Cc1cc(N)nc(-c2c(F)c3c4c(nc(OC[C@@]56CCCN5C[C@H](F)C6)nc4c2F)N2C[C@@H]4CCC(CNC4)C2CCO3)c1C(F)(F)F. The summed E-state index contributed by atoms with van der Waals surface area (Å²) in [6.07, 6.45) is -1.76. The van der Waals surface area contributed by atoms with Crippen molar-refractivity contribution in [2.75, 3.05) is 56.6 Å². The molecule has 4 fully saturated rings. The molecule has 258 valence electrons. The molecule has 15 heteroatoms. The summed E-state index contributed by atoms with van der Waals surface area (Å²) in [6, 6.07) is 0.699. The van der Waals surface area contributed by atoms with Gasteiger partial charge in [-0.1, -0.05) is 0 Å². The highest BCUT2D eigenvalue weighted by Crippen LogP contribution is 2.49. The molecule has 3 aromatic rings. The van der Waals surface area contributed by atoms with Gasteiger partial charge in [0.05, 0.1) is 34.4 Å². The quantitative estimate of drug-likeness (QED) is 0.351. The molecule has 9 nitrogen and oxygen atoms in total. The number of anilines is 2. The Labute approximate surface area is 273 Å². The van der Waals surface area contributed by atoms with Crippen LogP contribution in [0.2, 0.25) is 0 Å². The third-order valence-electron chi connectivity index (χ3n) is 11.0. The summed E-state index contributed by atoms with van der Waals surface area (Å²) in [7, 11) is 0. The fraction of sp³-hybridized carbons (Fsp3) is 0.606. The number of pyridine rings is 1. The number of rotatable bonds is 4. The molecule has 0 saturated carbocycles. The smallest absolute Gasteiger partial charge is 0.418 e. The lowest BCUT2D eigenvalue weighted by Gasteiger charge is -2.40. The Bertz CT molecular complexity index is 1780. The minimum absolute atomic E-state index is 0.0371. The molecule has 4 saturated heterocycles. The van der Waals surface area contributed by atoms with Gasteiger partial charge < -0.3 is 25.4 Å². The van der Waals surface area contributed by atoms with Gasteiger partial charge in [0.1, 0.15) is 29.9 Å². The van der Waals surface area contributed by atoms with Crippen LogP contribution >= 0.6 is 0 Å². The highest BCUT2D eigenvalue weighted by atomic mass is 19.4. The lowest BCUT2D eigenvalue weighted by atomic mass is 9.91. The fourth-order valence-electron chi connectivity index (χ4n) is 8.93. The van der Waals surface area contributed by atoms with Crippen LogP contribution in [-0.4, -0.2) is 83.5 Å². The molecule has 8 rings (SSSR count). The number of nitrogens with zero attached hydrogens (tertiary/aromatic N) is 5. The second kappa shape index (κ2) is 11.5. The number of nitrogen functional groups attached to an aromatic ring is 1. The zero-order valence-electron chi connectivity index (χ0n) is 26.5. The summed E-state index contributed by atoms with van der Waals surface area (Å²) in [4.78, 5) is 17.1. The van der Waals surface area contributed by atoms with Crippen molar-refractivity contribution in [3.8, 4) is 23.0 Å². The minimum Gasteiger partial charge on any atom is -0.490 e. The summed E-state index contributed by atoms with van der Waals surface area (Å²) in [5.74, 6) is -2.83. The van der Waals surface area contributed by atoms with Crippen LogP contribution in [-0.2, 0) is 6.18 Å². The Kier molecular flexibility index (Phi) is 7.58. The van der Waals surface area contributed by atoms with Gasteiger partial charge in [-0.25, -0.2) is 18.2 Å². The minimum atomic E-state index is -5.00. The van der Waals surface area contributed by atoms with Crippen molar-refractivity contribution in [2.24, 2.45) is 11.8 Å². The van der Waals surface area contributed by atoms with Gasteiger partial charge in [0.15, 0.2) is 17.4 Å². The molecule has 2 bridgehead atoms. The summed E-state index contributed by atoms with van der Waals surface area (Å²) >= 11 is 0. The van der Waals surface area contributed by atoms with Gasteiger partial charge in [-0.2, -0.15) is 23.1 Å². The highest BCUT2D eigenvalue weighted by molar-refractivity contribution is 5.99. The van der Waals surface area contributed by atoms with E-state index in [1.165, 1.54) is 0 Å². The topological polar surface area (TPSA) is 102 Å². The van der Waals surface area contributed by atoms with Crippen LogP contribution < -0.4 is 25.4 Å². The fourth-order valence-corrected chi connectivity index (χ4v) is 8.93. The maximum atomic E-state index is 16.9. The number of hydrogen-bond donors (Lipinski definition) is 2. The van der Waals surface area contributed by atoms with E-state index in [1.54, 1.807) is 0 Å². The monoisotopic (exact) mass is 677 g/mol. The number of alkyl halides is 4. The first kappa shape index (κ1) is 31.7. The molecule has 0 aliphatic carbocycles. The molecule has 1 aromatic carbocycles. The number of hydrogen-bond acceptors (Lipinski definition) is 9. The van der Waals surface area contributed by atoms with Crippen LogP contribution in [0.25, 0.3) is 22.2 Å². The van der Waals surface area contributed by atoms with Crippen LogP contribution in [0.3, 0.4) is 0 Å². The van der Waals surface area contributed by atoms with Crippen molar-refractivity contribution in [1.82, 2.24) is 25.2 Å². The number of aryl methyl sites for hydroxylation is 1. The molecule has 2 unspecified atom stereocenters. The number of benzene rings is 1. The number of halogens is 6. The Morgan fingerprint density at radius 2 is 1.94 bits per heavy atom. The van der Waals surface area contributed by atoms with Crippen LogP contribution in [0.15, 0.2) is 6.07 Å². The normalized spacial score (nSPS) is 28.8. The standard InChI is InChI=1S/C33H37F6N7O2/c1-16-9-21(40)42-27(24(16)33(37,38)39)22-25(35)28-23-29(26(22)36)47-8-5-20-18-4-3-17(11-41-12-18)13-46(20)30(23)44-31(43-28)48-15-32-6-2-7-45(32)14-19(34)10-32/h9,17-20,41H,2-8,10-15H2,1H3,(H2,40,42)/t17-,18?,19-,20?,32+/m1/s1. The molecule has 5 aliphatic rings. The van der Waals surface area contributed by atoms with Crippen LogP contribution in [0.5, 0.6) is 11.8 Å². The van der Waals surface area contributed by atoms with E-state index < -0.39 is 57.6 Å². The van der Waals surface area contributed by atoms with E-state index >= 15 is 8.78 Å². The molecule has 48 heavy (non-hydrogen) atoms. The van der Waals surface area contributed by atoms with E-state index in [9.17, 15) is 17.6 Å². The van der Waals surface area contributed by atoms with Gasteiger partial charge in [-0.05, 0) is 75.7 Å². The van der Waals surface area contributed by atoms with Gasteiger partial charge in [-0.3, -0.25) is 4.90 Å². The van der Waals surface area contributed by atoms with Gasteiger partial charge in [-0.15, -0.1) is 0 Å². The maximum Gasteiger partial charge on any atom is 0.418 e. The van der Waals surface area contributed by atoms with Gasteiger partial charge >= 0.3 is 12.2 Å². The number of fused-ring (bicyclic) bond motifs is 7. The summed E-state index contributed by atoms with van der Waals surface area (Å²) in [5.41, 5.74) is 1.15. The van der Waals surface area contributed by atoms with Gasteiger partial charge in [0, 0.05) is 32.0 Å². The molecular formula is C33H37F6N7O2. The lowest BCUT2D eigenvalue weighted by molar-refractivity contribution is -0.137. The van der Waals surface area contributed by atoms with E-state index in [0.29, 0.717) is 25.9 Å². The summed E-state index contributed by atoms with van der Waals surface area (Å²) in [6.45, 7) is 4.33. The third kappa shape index (κ3) is 5.10. The second-order valence-corrected chi connectivity index (χ2v) is 14.1. The molecular weight excluding hydrogens is 640 g/mol. The number of ether oxygens (including phenoxy) is 2. The van der Waals surface area contributed by atoms with Crippen molar-refractivity contribution in [1.29, 1.82) is 0 Å². The maximum absolute atomic E-state index is 16.9. The summed E-state index contributed by atoms with van der Waals surface area (Å²) < 4.78 is 104. The Hall–Kier alpha value is -3.59.